The van der Waals surface area contributed by atoms with Crippen molar-refractivity contribution in [3.63, 3.8) is 0 Å². The van der Waals surface area contributed by atoms with Crippen LogP contribution < -0.4 is 61.7 Å². The molecule has 0 saturated heterocycles. The van der Waals surface area contributed by atoms with Gasteiger partial charge in [-0.05, 0) is 199 Å². The van der Waals surface area contributed by atoms with Crippen LogP contribution in [-0.2, 0) is 63.3 Å². The van der Waals surface area contributed by atoms with Crippen LogP contribution in [0.15, 0.2) is 275 Å². The summed E-state index contributed by atoms with van der Waals surface area (Å²) in [5.74, 6) is 0.607. The van der Waals surface area contributed by atoms with Crippen molar-refractivity contribution in [3.8, 4) is 51.7 Å². The minimum atomic E-state index is -0.992. The molecule has 0 aliphatic carbocycles. The third kappa shape index (κ3) is 70.1. The monoisotopic (exact) mass is 1850 g/mol. The van der Waals surface area contributed by atoms with E-state index >= 15 is 0 Å². The van der Waals surface area contributed by atoms with E-state index < -0.39 is 23.9 Å². The molecular formula is C99H134N16O19. The Morgan fingerprint density at radius 2 is 0.664 bits per heavy atom. The first kappa shape index (κ1) is 121. The zero-order valence-electron chi connectivity index (χ0n) is 78.5. The number of aromatic nitrogens is 9. The van der Waals surface area contributed by atoms with Crippen LogP contribution in [0.1, 0.15) is 139 Å². The number of hydrogen-bond donors (Lipinski definition) is 13. The van der Waals surface area contributed by atoms with E-state index in [2.05, 4.69) is 140 Å². The van der Waals surface area contributed by atoms with Crippen LogP contribution >= 0.6 is 0 Å². The van der Waals surface area contributed by atoms with Gasteiger partial charge in [0, 0.05) is 81.0 Å². The van der Waals surface area contributed by atoms with Crippen molar-refractivity contribution < 1.29 is 92.6 Å². The molecule has 0 aliphatic rings. The standard InChI is InChI=1S/C16H20N2O.C14H13NO3.C13H11NO2.C11H16N2O3.C9H14N2O.2C7H7NO3.2C5H5NO.3C3H9N.C2H4O.CH5N/c1-2-8-17-10-15-9-16(12-18-11-15)19-13-14-6-4-3-5-7-14;1-17-14(16)12-7-13(9-15-8-12)18-10-11-5-3-2-4-6-11;15-9-12-6-13(8-14-7-12)16-10-11-4-2-1-3-5-11;1-2-3-12-5-9-4-10(7-13-6-9)16-8-11(14)15;1-2-3-10-5-8-4-9(12)7-11-6-8;1-11-7(10)5-2-6(9)4-8-3-5;9-7(10)5-11-6-2-1-3-8-4-6;2*7-5-2-1-3-6-4-5;2*1-3-4-2;1-2-3-4;1-2-3;1-2/h3-7,9,11-12,17H,2,8,10,13H2,1H3;2-9H,10H2,1H3;1-9H,10H2;4,6-7,12H,2-3,5,8H2,1H3,(H,14,15);4,6-7,10,12H,2-3,5H2,1H3;2-4,9H,1H3;1-4H,5H2,(H,9,10);2*1-4,7H;2*4H,3H2,1-2H3;2-4H2,1H3;2H,1H3;2H2,1H3. The van der Waals surface area contributed by atoms with E-state index in [4.69, 9.17) is 64.9 Å². The van der Waals surface area contributed by atoms with Gasteiger partial charge in [0.2, 0.25) is 0 Å². The van der Waals surface area contributed by atoms with Crippen LogP contribution in [0.4, 0.5) is 0 Å². The Hall–Kier alpha value is -14.9. The molecule has 0 spiro atoms. The van der Waals surface area contributed by atoms with Gasteiger partial charge in [0.25, 0.3) is 0 Å². The van der Waals surface area contributed by atoms with E-state index in [9.17, 15) is 24.0 Å². The first-order chi connectivity index (χ1) is 65.1. The molecule has 0 fully saturated rings. The summed E-state index contributed by atoms with van der Waals surface area (Å²) < 4.78 is 35.7. The number of methoxy groups -OCH3 is 2. The molecule has 0 saturated carbocycles. The minimum Gasteiger partial charge on any atom is -0.506 e. The summed E-state index contributed by atoms with van der Waals surface area (Å²) in [6.07, 6.45) is 33.7. The van der Waals surface area contributed by atoms with E-state index in [1.165, 1.54) is 90.0 Å². The maximum Gasteiger partial charge on any atom is 0.341 e. The molecule has 0 amide bonds. The van der Waals surface area contributed by atoms with Crippen molar-refractivity contribution in [1.82, 2.24) is 71.4 Å². The highest BCUT2D eigenvalue weighted by atomic mass is 16.5. The van der Waals surface area contributed by atoms with Crippen molar-refractivity contribution in [2.45, 2.75) is 114 Å². The van der Waals surface area contributed by atoms with E-state index in [0.29, 0.717) is 60.5 Å². The predicted octanol–water partition coefficient (Wildman–Crippen LogP) is 13.7. The summed E-state index contributed by atoms with van der Waals surface area (Å²) >= 11 is 0. The van der Waals surface area contributed by atoms with Gasteiger partial charge in [-0.3, -0.25) is 49.7 Å². The number of pyridine rings is 9. The van der Waals surface area contributed by atoms with Gasteiger partial charge in [0.1, 0.15) is 77.9 Å². The highest BCUT2D eigenvalue weighted by Gasteiger charge is 2.09. The molecule has 134 heavy (non-hydrogen) atoms. The second-order valence-corrected chi connectivity index (χ2v) is 26.3. The normalized spacial score (nSPS) is 9.27. The third-order valence-electron chi connectivity index (χ3n) is 15.1. The number of esters is 2. The number of carbonyl (C=O) groups is 6. The number of carbonyl (C=O) groups excluding carboxylic acids is 4. The second kappa shape index (κ2) is 86.2. The lowest BCUT2D eigenvalue weighted by atomic mass is 10.2. The topological polar surface area (TPSA) is 517 Å². The molecule has 0 radical (unpaired) electrons. The molecule has 12 rings (SSSR count). The van der Waals surface area contributed by atoms with Crippen molar-refractivity contribution in [2.75, 3.05) is 87.8 Å². The number of hydrogen-bond acceptors (Lipinski definition) is 33. The summed E-state index contributed by atoms with van der Waals surface area (Å²) in [5.41, 5.74) is 17.1. The molecule has 0 bridgehead atoms. The van der Waals surface area contributed by atoms with Crippen LogP contribution in [0.25, 0.3) is 0 Å². The van der Waals surface area contributed by atoms with E-state index in [1.807, 2.05) is 105 Å². The minimum absolute atomic E-state index is 0.0482. The molecule has 9 heterocycles. The Kier molecular flexibility index (Phi) is 78.0. The number of nitrogens with one attached hydrogen (secondary N) is 5. The summed E-state index contributed by atoms with van der Waals surface area (Å²) in [4.78, 5) is 96.3. The van der Waals surface area contributed by atoms with Crippen LogP contribution in [0.2, 0.25) is 0 Å². The number of nitrogens with zero attached hydrogens (tertiary/aromatic N) is 9. The van der Waals surface area contributed by atoms with Gasteiger partial charge in [0.15, 0.2) is 19.5 Å². The van der Waals surface area contributed by atoms with Gasteiger partial charge >= 0.3 is 23.9 Å². The molecule has 0 aliphatic heterocycles. The number of aliphatic carboxylic acids is 2. The largest absolute Gasteiger partial charge is 0.506 e. The zero-order valence-corrected chi connectivity index (χ0v) is 78.5. The average Bonchev–Trinajstić information content (AvgIpc) is 0.909. The van der Waals surface area contributed by atoms with Crippen LogP contribution in [0, 0.1) is 0 Å². The van der Waals surface area contributed by atoms with Gasteiger partial charge in [-0.2, -0.15) is 0 Å². The summed E-state index contributed by atoms with van der Waals surface area (Å²) in [5, 5.41) is 67.5. The summed E-state index contributed by atoms with van der Waals surface area (Å²) in [6.45, 7) is 23.1. The Morgan fingerprint density at radius 3 is 0.978 bits per heavy atom. The number of carboxylic acid groups (broad SMARTS) is 2. The molecule has 35 nitrogen and oxygen atoms in total. The lowest BCUT2D eigenvalue weighted by molar-refractivity contribution is -0.140. The van der Waals surface area contributed by atoms with Crippen molar-refractivity contribution in [2.24, 2.45) is 11.5 Å². The van der Waals surface area contributed by atoms with E-state index in [-0.39, 0.29) is 41.8 Å². The second-order valence-electron chi connectivity index (χ2n) is 26.3. The average molecular weight is 1850 g/mol. The number of aromatic hydroxyl groups is 4. The van der Waals surface area contributed by atoms with Crippen molar-refractivity contribution >= 4 is 36.4 Å². The van der Waals surface area contributed by atoms with E-state index in [0.717, 1.165) is 130 Å². The molecule has 3 aromatic carbocycles. The predicted molar refractivity (Wildman–Crippen MR) is 518 cm³/mol. The molecule has 15 N–H and O–H groups in total. The fourth-order valence-electron chi connectivity index (χ4n) is 8.69. The first-order valence-electron chi connectivity index (χ1n) is 42.6. The van der Waals surface area contributed by atoms with Crippen molar-refractivity contribution in [1.29, 1.82) is 0 Å². The first-order valence-corrected chi connectivity index (χ1v) is 42.6. The zero-order chi connectivity index (χ0) is 99.5. The van der Waals surface area contributed by atoms with Crippen LogP contribution in [0.3, 0.4) is 0 Å². The number of carboxylic acids is 2. The van der Waals surface area contributed by atoms with Gasteiger partial charge in [-0.25, -0.2) is 19.2 Å². The third-order valence-corrected chi connectivity index (χ3v) is 15.1. The molecule has 12 aromatic rings. The molecule has 724 valence electrons. The molecule has 35 heteroatoms. The molecular weight excluding hydrogens is 1720 g/mol. The maximum atomic E-state index is 11.3. The van der Waals surface area contributed by atoms with Crippen molar-refractivity contribution in [3.05, 3.63) is 325 Å². The molecule has 0 unspecified atom stereocenters. The Balaban J connectivity index is 0. The molecule has 9 aromatic heterocycles. The lowest BCUT2D eigenvalue weighted by Gasteiger charge is -2.08. The highest BCUT2D eigenvalue weighted by molar-refractivity contribution is 5.89. The van der Waals surface area contributed by atoms with Gasteiger partial charge in [0.05, 0.1) is 81.1 Å². The summed E-state index contributed by atoms with van der Waals surface area (Å²) in [6, 6.07) is 49.7. The number of aldehydes is 2. The maximum absolute atomic E-state index is 11.3. The number of rotatable bonds is 33. The van der Waals surface area contributed by atoms with Gasteiger partial charge < -0.3 is 107 Å². The highest BCUT2D eigenvalue weighted by Crippen LogP contribution is 2.18. The van der Waals surface area contributed by atoms with Crippen LogP contribution in [-0.4, -0.2) is 200 Å². The Morgan fingerprint density at radius 1 is 0.358 bits per heavy atom. The quantitative estimate of drug-likeness (QED) is 0.0103. The SMILES string of the molecule is CC=O.CCCN.CCCNCc1cncc(O)c1.CCCNCc1cncc(OCC(=O)O)c1.CCCNCc1cncc(OCc2ccccc2)c1.CCNC.CCNC.CN.COC(=O)c1cncc(O)c1.COC(=O)c1cncc(OCc2ccccc2)c1.O=C(O)COc1cccnc1.O=Cc1cncc(OCc2ccccc2)c1.Oc1cccnc1.Oc1cccnc1. The Bertz CT molecular complexity index is 4800. The van der Waals surface area contributed by atoms with Crippen LogP contribution in [0.5, 0.6) is 51.7 Å². The number of ether oxygens (including phenoxy) is 7. The van der Waals surface area contributed by atoms with Gasteiger partial charge in [-0.1, -0.05) is 133 Å². The fraction of sp³-hybridized carbons (Fsp3) is 0.303. The number of nitrogens with two attached hydrogens (primary N) is 2. The smallest absolute Gasteiger partial charge is 0.341 e. The fourth-order valence-corrected chi connectivity index (χ4v) is 8.69. The number of benzene rings is 3. The Labute approximate surface area is 786 Å². The molecule has 0 atom stereocenters. The van der Waals surface area contributed by atoms with Gasteiger partial charge in [-0.15, -0.1) is 0 Å². The van der Waals surface area contributed by atoms with E-state index in [1.54, 1.807) is 110 Å². The lowest BCUT2D eigenvalue weighted by Crippen LogP contribution is -2.14. The summed E-state index contributed by atoms with van der Waals surface area (Å²) in [7, 11) is 7.96.